The van der Waals surface area contributed by atoms with Gasteiger partial charge in [-0.1, -0.05) is 26.0 Å². The molecule has 1 aliphatic rings. The molecule has 5 nitrogen and oxygen atoms in total. The standard InChI is InChI=1S/C21H25N3O2/c1-16(2)17-4-6-18(7-5-17)20(25)23-12-3-13-24(15-14-23)21(26)19-8-10-22-11-9-19/h4-11,16H,3,12-15H2,1-2H3. The van der Waals surface area contributed by atoms with Crippen LogP contribution in [-0.2, 0) is 0 Å². The molecule has 2 heterocycles. The van der Waals surface area contributed by atoms with Crippen LogP contribution in [0.1, 0.15) is 52.5 Å². The molecule has 3 rings (SSSR count). The van der Waals surface area contributed by atoms with E-state index in [0.717, 1.165) is 6.42 Å². The van der Waals surface area contributed by atoms with Gasteiger partial charge < -0.3 is 9.80 Å². The Kier molecular flexibility index (Phi) is 5.66. The lowest BCUT2D eigenvalue weighted by Crippen LogP contribution is -2.37. The number of amides is 2. The number of carbonyl (C=O) groups excluding carboxylic acids is 2. The van der Waals surface area contributed by atoms with E-state index in [9.17, 15) is 9.59 Å². The van der Waals surface area contributed by atoms with Crippen molar-refractivity contribution in [1.82, 2.24) is 14.8 Å². The fraction of sp³-hybridized carbons (Fsp3) is 0.381. The molecule has 1 saturated heterocycles. The largest absolute Gasteiger partial charge is 0.337 e. The summed E-state index contributed by atoms with van der Waals surface area (Å²) in [5.74, 6) is 0.492. The molecule has 0 aliphatic carbocycles. The first-order valence-corrected chi connectivity index (χ1v) is 9.15. The number of rotatable bonds is 3. The number of hydrogen-bond donors (Lipinski definition) is 0. The number of pyridine rings is 1. The van der Waals surface area contributed by atoms with Gasteiger partial charge in [0.1, 0.15) is 0 Å². The predicted octanol–water partition coefficient (Wildman–Crippen LogP) is 3.19. The molecule has 0 saturated carbocycles. The monoisotopic (exact) mass is 351 g/mol. The summed E-state index contributed by atoms with van der Waals surface area (Å²) < 4.78 is 0. The summed E-state index contributed by atoms with van der Waals surface area (Å²) in [7, 11) is 0. The minimum atomic E-state index is 0.00276. The van der Waals surface area contributed by atoms with Crippen molar-refractivity contribution in [3.63, 3.8) is 0 Å². The van der Waals surface area contributed by atoms with Crippen molar-refractivity contribution in [1.29, 1.82) is 0 Å². The maximum atomic E-state index is 12.8. The van der Waals surface area contributed by atoms with E-state index in [2.05, 4.69) is 18.8 Å². The normalized spacial score (nSPS) is 15.0. The maximum absolute atomic E-state index is 12.8. The summed E-state index contributed by atoms with van der Waals surface area (Å²) in [5, 5.41) is 0. The summed E-state index contributed by atoms with van der Waals surface area (Å²) in [6.07, 6.45) is 4.04. The number of hydrogen-bond acceptors (Lipinski definition) is 3. The second kappa shape index (κ2) is 8.13. The van der Waals surface area contributed by atoms with E-state index in [1.54, 1.807) is 24.5 Å². The molecule has 1 aliphatic heterocycles. The van der Waals surface area contributed by atoms with Gasteiger partial charge in [-0.25, -0.2) is 0 Å². The Bertz CT molecular complexity index is 757. The van der Waals surface area contributed by atoms with Gasteiger partial charge in [-0.2, -0.15) is 0 Å². The van der Waals surface area contributed by atoms with Crippen LogP contribution in [0.5, 0.6) is 0 Å². The van der Waals surface area contributed by atoms with Crippen molar-refractivity contribution in [3.05, 3.63) is 65.5 Å². The van der Waals surface area contributed by atoms with Gasteiger partial charge in [0.05, 0.1) is 0 Å². The van der Waals surface area contributed by atoms with Crippen LogP contribution >= 0.6 is 0 Å². The molecule has 2 amide bonds. The molecule has 0 N–H and O–H groups in total. The third kappa shape index (κ3) is 4.10. The van der Waals surface area contributed by atoms with Crippen LogP contribution < -0.4 is 0 Å². The highest BCUT2D eigenvalue weighted by atomic mass is 16.2. The second-order valence-corrected chi connectivity index (χ2v) is 6.95. The van der Waals surface area contributed by atoms with Crippen LogP contribution in [0.25, 0.3) is 0 Å². The molecule has 136 valence electrons. The Balaban J connectivity index is 1.64. The molecule has 1 aromatic heterocycles. The average Bonchev–Trinajstić information content (AvgIpc) is 2.94. The first-order valence-electron chi connectivity index (χ1n) is 9.15. The number of nitrogens with zero attached hydrogens (tertiary/aromatic N) is 3. The molecule has 1 fully saturated rings. The van der Waals surface area contributed by atoms with Gasteiger partial charge in [-0.15, -0.1) is 0 Å². The molecule has 0 unspecified atom stereocenters. The van der Waals surface area contributed by atoms with Crippen molar-refractivity contribution in [2.75, 3.05) is 26.2 Å². The molecule has 0 radical (unpaired) electrons. The lowest BCUT2D eigenvalue weighted by atomic mass is 10.0. The summed E-state index contributed by atoms with van der Waals surface area (Å²) in [4.78, 5) is 33.0. The van der Waals surface area contributed by atoms with E-state index in [-0.39, 0.29) is 11.8 Å². The summed E-state index contributed by atoms with van der Waals surface area (Å²) in [6.45, 7) is 6.72. The quantitative estimate of drug-likeness (QED) is 0.853. The highest BCUT2D eigenvalue weighted by Gasteiger charge is 2.23. The van der Waals surface area contributed by atoms with E-state index >= 15 is 0 Å². The van der Waals surface area contributed by atoms with E-state index < -0.39 is 0 Å². The molecule has 0 atom stereocenters. The van der Waals surface area contributed by atoms with Gasteiger partial charge >= 0.3 is 0 Å². The molecule has 1 aromatic carbocycles. The molecule has 5 heteroatoms. The lowest BCUT2D eigenvalue weighted by molar-refractivity contribution is 0.0718. The van der Waals surface area contributed by atoms with Crippen molar-refractivity contribution in [3.8, 4) is 0 Å². The van der Waals surface area contributed by atoms with Gasteiger partial charge in [-0.3, -0.25) is 14.6 Å². The topological polar surface area (TPSA) is 53.5 Å². The Labute approximate surface area is 154 Å². The minimum Gasteiger partial charge on any atom is -0.337 e. The van der Waals surface area contributed by atoms with Gasteiger partial charge in [0.15, 0.2) is 0 Å². The van der Waals surface area contributed by atoms with E-state index in [4.69, 9.17) is 0 Å². The molecular formula is C21H25N3O2. The fourth-order valence-electron chi connectivity index (χ4n) is 3.19. The SMILES string of the molecule is CC(C)c1ccc(C(=O)N2CCCN(C(=O)c3ccncc3)CC2)cc1. The molecule has 0 spiro atoms. The zero-order chi connectivity index (χ0) is 18.5. The van der Waals surface area contributed by atoms with Crippen LogP contribution in [0.3, 0.4) is 0 Å². The highest BCUT2D eigenvalue weighted by Crippen LogP contribution is 2.17. The third-order valence-electron chi connectivity index (χ3n) is 4.82. The van der Waals surface area contributed by atoms with Gasteiger partial charge in [0.25, 0.3) is 11.8 Å². The zero-order valence-corrected chi connectivity index (χ0v) is 15.4. The molecular weight excluding hydrogens is 326 g/mol. The van der Waals surface area contributed by atoms with Crippen molar-refractivity contribution in [2.24, 2.45) is 0 Å². The summed E-state index contributed by atoms with van der Waals surface area (Å²) >= 11 is 0. The van der Waals surface area contributed by atoms with Crippen molar-refractivity contribution >= 4 is 11.8 Å². The number of benzene rings is 1. The van der Waals surface area contributed by atoms with Crippen LogP contribution in [0.4, 0.5) is 0 Å². The third-order valence-corrected chi connectivity index (χ3v) is 4.82. The smallest absolute Gasteiger partial charge is 0.254 e. The Morgan fingerprint density at radius 1 is 0.808 bits per heavy atom. The van der Waals surface area contributed by atoms with Crippen LogP contribution in [0.2, 0.25) is 0 Å². The molecule has 2 aromatic rings. The first kappa shape index (κ1) is 18.1. The minimum absolute atomic E-state index is 0.00276. The van der Waals surface area contributed by atoms with E-state index in [1.807, 2.05) is 34.1 Å². The van der Waals surface area contributed by atoms with Crippen molar-refractivity contribution in [2.45, 2.75) is 26.2 Å². The lowest BCUT2D eigenvalue weighted by Gasteiger charge is -2.22. The molecule has 26 heavy (non-hydrogen) atoms. The summed E-state index contributed by atoms with van der Waals surface area (Å²) in [5.41, 5.74) is 2.58. The van der Waals surface area contributed by atoms with Gasteiger partial charge in [0.2, 0.25) is 0 Å². The van der Waals surface area contributed by atoms with Crippen LogP contribution in [-0.4, -0.2) is 52.8 Å². The fourth-order valence-corrected chi connectivity index (χ4v) is 3.19. The predicted molar refractivity (Wildman–Crippen MR) is 101 cm³/mol. The Morgan fingerprint density at radius 2 is 1.31 bits per heavy atom. The molecule has 0 bridgehead atoms. The summed E-state index contributed by atoms with van der Waals surface area (Å²) in [6, 6.07) is 11.3. The van der Waals surface area contributed by atoms with Crippen LogP contribution in [0.15, 0.2) is 48.8 Å². The average molecular weight is 351 g/mol. The Hall–Kier alpha value is -2.69. The maximum Gasteiger partial charge on any atom is 0.254 e. The first-order chi connectivity index (χ1) is 12.6. The van der Waals surface area contributed by atoms with Gasteiger partial charge in [-0.05, 0) is 42.2 Å². The zero-order valence-electron chi connectivity index (χ0n) is 15.4. The number of carbonyl (C=O) groups is 2. The second-order valence-electron chi connectivity index (χ2n) is 6.95. The Morgan fingerprint density at radius 3 is 1.81 bits per heavy atom. The van der Waals surface area contributed by atoms with E-state index in [0.29, 0.717) is 43.2 Å². The van der Waals surface area contributed by atoms with E-state index in [1.165, 1.54) is 5.56 Å². The van der Waals surface area contributed by atoms with Crippen molar-refractivity contribution < 1.29 is 9.59 Å². The number of aromatic nitrogens is 1. The van der Waals surface area contributed by atoms with Crippen LogP contribution in [0, 0.1) is 0 Å². The highest BCUT2D eigenvalue weighted by molar-refractivity contribution is 5.95. The van der Waals surface area contributed by atoms with Gasteiger partial charge in [0, 0.05) is 49.7 Å².